The predicted octanol–water partition coefficient (Wildman–Crippen LogP) is 3.80. The Hall–Kier alpha value is -2.76. The number of nitrogens with zero attached hydrogens (tertiary/aromatic N) is 3. The van der Waals surface area contributed by atoms with Crippen LogP contribution in [-0.4, -0.2) is 36.5 Å². The second kappa shape index (κ2) is 8.94. The van der Waals surface area contributed by atoms with Gasteiger partial charge in [0.1, 0.15) is 6.07 Å². The smallest absolute Gasteiger partial charge is 0.362 e. The van der Waals surface area contributed by atoms with Crippen molar-refractivity contribution in [2.75, 3.05) is 24.5 Å². The summed E-state index contributed by atoms with van der Waals surface area (Å²) in [7, 11) is 0. The molecule has 1 saturated heterocycles. The normalized spacial score (nSPS) is 16.4. The third-order valence-electron chi connectivity index (χ3n) is 5.20. The van der Waals surface area contributed by atoms with Gasteiger partial charge in [-0.15, -0.1) is 0 Å². The van der Waals surface area contributed by atoms with E-state index in [2.05, 4.69) is 0 Å². The fourth-order valence-corrected chi connectivity index (χ4v) is 3.89. The zero-order chi connectivity index (χ0) is 21.9. The first-order chi connectivity index (χ1) is 14.2. The Labute approximate surface area is 177 Å². The SMILES string of the molecule is N#Cc1ccc(N(Cc2ccccc2C(F)(F)F)[C@H]2CCN(C(=O)CN)C2)cc1Cl. The van der Waals surface area contributed by atoms with E-state index in [-0.39, 0.29) is 41.2 Å². The lowest BCUT2D eigenvalue weighted by atomic mass is 10.0. The molecule has 0 unspecified atom stereocenters. The summed E-state index contributed by atoms with van der Waals surface area (Å²) < 4.78 is 40.5. The molecule has 2 aromatic carbocycles. The number of nitriles is 1. The van der Waals surface area contributed by atoms with Gasteiger partial charge in [0.2, 0.25) is 5.91 Å². The van der Waals surface area contributed by atoms with Crippen LogP contribution < -0.4 is 10.6 Å². The molecule has 9 heteroatoms. The van der Waals surface area contributed by atoms with Gasteiger partial charge in [-0.3, -0.25) is 4.79 Å². The molecule has 0 aromatic heterocycles. The van der Waals surface area contributed by atoms with Crippen molar-refractivity contribution < 1.29 is 18.0 Å². The number of nitrogens with two attached hydrogens (primary N) is 1. The molecular weight excluding hydrogens is 417 g/mol. The maximum absolute atomic E-state index is 13.5. The third-order valence-corrected chi connectivity index (χ3v) is 5.51. The summed E-state index contributed by atoms with van der Waals surface area (Å²) in [5.41, 5.74) is 5.73. The number of carbonyl (C=O) groups excluding carboxylic acids is 1. The van der Waals surface area contributed by atoms with Crippen LogP contribution in [0.5, 0.6) is 0 Å². The molecule has 1 amide bonds. The number of likely N-dealkylation sites (tertiary alicyclic amines) is 1. The molecule has 1 aliphatic heterocycles. The van der Waals surface area contributed by atoms with Crippen LogP contribution in [0.15, 0.2) is 42.5 Å². The molecule has 2 aromatic rings. The van der Waals surface area contributed by atoms with Crippen LogP contribution in [0.25, 0.3) is 0 Å². The molecule has 1 fully saturated rings. The van der Waals surface area contributed by atoms with Crippen LogP contribution >= 0.6 is 11.6 Å². The van der Waals surface area contributed by atoms with E-state index >= 15 is 0 Å². The molecule has 5 nitrogen and oxygen atoms in total. The van der Waals surface area contributed by atoms with Crippen molar-refractivity contribution in [3.05, 3.63) is 64.2 Å². The zero-order valence-electron chi connectivity index (χ0n) is 16.0. The van der Waals surface area contributed by atoms with Crippen LogP contribution in [0, 0.1) is 11.3 Å². The van der Waals surface area contributed by atoms with E-state index in [1.807, 2.05) is 6.07 Å². The fraction of sp³-hybridized carbons (Fsp3) is 0.333. The molecule has 158 valence electrons. The van der Waals surface area contributed by atoms with Crippen LogP contribution in [0.4, 0.5) is 18.9 Å². The van der Waals surface area contributed by atoms with Gasteiger partial charge >= 0.3 is 6.18 Å². The van der Waals surface area contributed by atoms with Gasteiger partial charge in [0.25, 0.3) is 0 Å². The molecule has 0 saturated carbocycles. The quantitative estimate of drug-likeness (QED) is 0.773. The minimum Gasteiger partial charge on any atom is -0.362 e. The average Bonchev–Trinajstić information content (AvgIpc) is 3.21. The van der Waals surface area contributed by atoms with E-state index < -0.39 is 11.7 Å². The number of anilines is 1. The van der Waals surface area contributed by atoms with Gasteiger partial charge in [-0.1, -0.05) is 29.8 Å². The van der Waals surface area contributed by atoms with Crippen molar-refractivity contribution in [2.24, 2.45) is 5.73 Å². The molecule has 3 rings (SSSR count). The van der Waals surface area contributed by atoms with Crippen molar-refractivity contribution >= 4 is 23.2 Å². The number of hydrogen-bond acceptors (Lipinski definition) is 4. The molecule has 2 N–H and O–H groups in total. The maximum Gasteiger partial charge on any atom is 0.416 e. The van der Waals surface area contributed by atoms with Crippen molar-refractivity contribution in [1.29, 1.82) is 5.26 Å². The van der Waals surface area contributed by atoms with Crippen molar-refractivity contribution in [3.63, 3.8) is 0 Å². The molecular formula is C21H20ClF3N4O. The number of carbonyl (C=O) groups is 1. The van der Waals surface area contributed by atoms with Crippen molar-refractivity contribution in [2.45, 2.75) is 25.2 Å². The van der Waals surface area contributed by atoms with Gasteiger partial charge in [0.15, 0.2) is 0 Å². The number of rotatable bonds is 5. The lowest BCUT2D eigenvalue weighted by molar-refractivity contribution is -0.138. The Kier molecular flexibility index (Phi) is 6.54. The highest BCUT2D eigenvalue weighted by atomic mass is 35.5. The molecule has 1 aliphatic rings. The summed E-state index contributed by atoms with van der Waals surface area (Å²) in [4.78, 5) is 15.4. The summed E-state index contributed by atoms with van der Waals surface area (Å²) in [5, 5.41) is 9.33. The van der Waals surface area contributed by atoms with Crippen molar-refractivity contribution in [1.82, 2.24) is 4.90 Å². The monoisotopic (exact) mass is 436 g/mol. The molecule has 30 heavy (non-hydrogen) atoms. The Bertz CT molecular complexity index is 973. The van der Waals surface area contributed by atoms with E-state index in [0.717, 1.165) is 6.07 Å². The van der Waals surface area contributed by atoms with Crippen LogP contribution in [0.1, 0.15) is 23.1 Å². The zero-order valence-corrected chi connectivity index (χ0v) is 16.7. The molecule has 1 heterocycles. The summed E-state index contributed by atoms with van der Waals surface area (Å²) in [6.45, 7) is 0.684. The van der Waals surface area contributed by atoms with Gasteiger partial charge in [-0.25, -0.2) is 0 Å². The minimum atomic E-state index is -4.48. The number of halogens is 4. The third kappa shape index (κ3) is 4.69. The van der Waals surface area contributed by atoms with E-state index in [4.69, 9.17) is 22.6 Å². The second-order valence-electron chi connectivity index (χ2n) is 7.05. The van der Waals surface area contributed by atoms with E-state index in [1.54, 1.807) is 28.0 Å². The maximum atomic E-state index is 13.5. The summed E-state index contributed by atoms with van der Waals surface area (Å²) >= 11 is 6.18. The molecule has 1 atom stereocenters. The van der Waals surface area contributed by atoms with Gasteiger partial charge in [0.05, 0.1) is 22.7 Å². The standard InChI is InChI=1S/C21H20ClF3N4O/c22-19-9-16(6-5-14(19)10-26)29(17-7-8-28(13-17)20(30)11-27)12-15-3-1-2-4-18(15)21(23,24)25/h1-6,9,17H,7-8,11-13,27H2/t17-/m0/s1. The fourth-order valence-electron chi connectivity index (χ4n) is 3.67. The second-order valence-corrected chi connectivity index (χ2v) is 7.45. The Morgan fingerprint density at radius 1 is 1.30 bits per heavy atom. The summed E-state index contributed by atoms with van der Waals surface area (Å²) in [5.74, 6) is -0.203. The highest BCUT2D eigenvalue weighted by Crippen LogP contribution is 2.35. The number of benzene rings is 2. The predicted molar refractivity (Wildman–Crippen MR) is 108 cm³/mol. The first kappa shape index (κ1) is 21.9. The highest BCUT2D eigenvalue weighted by Gasteiger charge is 2.35. The van der Waals surface area contributed by atoms with Crippen LogP contribution in [0.2, 0.25) is 5.02 Å². The average molecular weight is 437 g/mol. The Morgan fingerprint density at radius 2 is 2.03 bits per heavy atom. The summed E-state index contributed by atoms with van der Waals surface area (Å²) in [6, 6.07) is 11.9. The van der Waals surface area contributed by atoms with E-state index in [1.165, 1.54) is 18.2 Å². The molecule has 0 spiro atoms. The first-order valence-corrected chi connectivity index (χ1v) is 9.71. The van der Waals surface area contributed by atoms with Gasteiger partial charge in [0, 0.05) is 31.4 Å². The number of alkyl halides is 3. The van der Waals surface area contributed by atoms with Gasteiger partial charge < -0.3 is 15.5 Å². The Balaban J connectivity index is 1.98. The lowest BCUT2D eigenvalue weighted by Crippen LogP contribution is -2.40. The lowest BCUT2D eigenvalue weighted by Gasteiger charge is -2.32. The first-order valence-electron chi connectivity index (χ1n) is 9.33. The minimum absolute atomic E-state index is 0.0206. The summed E-state index contributed by atoms with van der Waals surface area (Å²) in [6.07, 6.45) is -3.90. The number of hydrogen-bond donors (Lipinski definition) is 1. The van der Waals surface area contributed by atoms with Gasteiger partial charge in [-0.2, -0.15) is 18.4 Å². The topological polar surface area (TPSA) is 73.4 Å². The van der Waals surface area contributed by atoms with Crippen molar-refractivity contribution in [3.8, 4) is 6.07 Å². The van der Waals surface area contributed by atoms with E-state index in [0.29, 0.717) is 25.2 Å². The number of amides is 1. The molecule has 0 bridgehead atoms. The molecule has 0 radical (unpaired) electrons. The highest BCUT2D eigenvalue weighted by molar-refractivity contribution is 6.32. The van der Waals surface area contributed by atoms with E-state index in [9.17, 15) is 18.0 Å². The van der Waals surface area contributed by atoms with Gasteiger partial charge in [-0.05, 0) is 36.2 Å². The molecule has 0 aliphatic carbocycles. The van der Waals surface area contributed by atoms with Crippen LogP contribution in [-0.2, 0) is 17.5 Å². The Morgan fingerprint density at radius 3 is 2.67 bits per heavy atom. The van der Waals surface area contributed by atoms with Crippen LogP contribution in [0.3, 0.4) is 0 Å². The largest absolute Gasteiger partial charge is 0.416 e.